The fourth-order valence-corrected chi connectivity index (χ4v) is 4.12. The van der Waals surface area contributed by atoms with Crippen molar-refractivity contribution in [3.63, 3.8) is 0 Å². The number of nitrogens with one attached hydrogen (secondary N) is 2. The van der Waals surface area contributed by atoms with Gasteiger partial charge in [0.25, 0.3) is 6.43 Å². The minimum Gasteiger partial charge on any atom is -0.372 e. The summed E-state index contributed by atoms with van der Waals surface area (Å²) in [6.07, 6.45) is 2.00. The number of alkyl halides is 2. The molecule has 1 aromatic carbocycles. The van der Waals surface area contributed by atoms with Gasteiger partial charge in [-0.1, -0.05) is 19.1 Å². The molecule has 162 valence electrons. The Morgan fingerprint density at radius 3 is 2.31 bits per heavy atom. The molecule has 3 rings (SSSR count). The summed E-state index contributed by atoms with van der Waals surface area (Å²) in [5, 5.41) is 6.81. The number of benzene rings is 1. The summed E-state index contributed by atoms with van der Waals surface area (Å²) in [5.74, 6) is 1.61. The lowest BCUT2D eigenvalue weighted by Gasteiger charge is -2.33. The summed E-state index contributed by atoms with van der Waals surface area (Å²) >= 11 is 0. The van der Waals surface area contributed by atoms with Crippen molar-refractivity contribution in [2.75, 3.05) is 44.7 Å². The number of nitrogens with zero attached hydrogens (tertiary/aromatic N) is 3. The summed E-state index contributed by atoms with van der Waals surface area (Å²) in [6.45, 7) is 6.62. The second kappa shape index (κ2) is 10.8. The van der Waals surface area contributed by atoms with E-state index in [1.54, 1.807) is 7.05 Å². The molecule has 0 unspecified atom stereocenters. The van der Waals surface area contributed by atoms with Gasteiger partial charge in [-0.05, 0) is 49.3 Å². The van der Waals surface area contributed by atoms with Gasteiger partial charge in [-0.2, -0.15) is 0 Å². The maximum absolute atomic E-state index is 12.5. The van der Waals surface area contributed by atoms with E-state index in [-0.39, 0.29) is 12.6 Å². The highest BCUT2D eigenvalue weighted by Gasteiger charge is 2.22. The second-order valence-corrected chi connectivity index (χ2v) is 8.37. The van der Waals surface area contributed by atoms with Crippen molar-refractivity contribution in [3.8, 4) is 0 Å². The molecule has 2 saturated heterocycles. The van der Waals surface area contributed by atoms with Crippen LogP contribution >= 0.6 is 0 Å². The number of piperidine rings is 2. The monoisotopic (exact) mass is 407 g/mol. The lowest BCUT2D eigenvalue weighted by Crippen LogP contribution is -2.49. The smallest absolute Gasteiger partial charge is 0.251 e. The molecule has 1 aromatic rings. The second-order valence-electron chi connectivity index (χ2n) is 8.37. The Kier molecular flexibility index (Phi) is 8.09. The number of likely N-dealkylation sites (tertiary alicyclic amines) is 1. The highest BCUT2D eigenvalue weighted by molar-refractivity contribution is 5.80. The molecule has 7 heteroatoms. The Labute approximate surface area is 173 Å². The van der Waals surface area contributed by atoms with Crippen molar-refractivity contribution < 1.29 is 8.78 Å². The van der Waals surface area contributed by atoms with Crippen LogP contribution in [0.5, 0.6) is 0 Å². The fraction of sp³-hybridized carbons (Fsp3) is 0.682. The van der Waals surface area contributed by atoms with E-state index in [0.29, 0.717) is 19.6 Å². The molecule has 2 fully saturated rings. The predicted octanol–water partition coefficient (Wildman–Crippen LogP) is 3.32. The Bertz CT molecular complexity index is 633. The first-order valence-electron chi connectivity index (χ1n) is 10.8. The SMILES string of the molecule is CN=C(NCc1ccc(N2CCC(C)CC2)cc1)NC1CCN(CC(F)F)CC1. The van der Waals surface area contributed by atoms with Gasteiger partial charge in [-0.25, -0.2) is 8.78 Å². The van der Waals surface area contributed by atoms with Crippen LogP contribution in [0, 0.1) is 5.92 Å². The first kappa shape index (κ1) is 21.8. The molecular formula is C22H35F2N5. The number of halogens is 2. The molecule has 5 nitrogen and oxygen atoms in total. The Balaban J connectivity index is 1.41. The lowest BCUT2D eigenvalue weighted by molar-refractivity contribution is 0.0744. The first-order valence-corrected chi connectivity index (χ1v) is 10.8. The lowest BCUT2D eigenvalue weighted by atomic mass is 9.99. The maximum Gasteiger partial charge on any atom is 0.251 e. The van der Waals surface area contributed by atoms with E-state index in [1.165, 1.54) is 24.1 Å². The third kappa shape index (κ3) is 6.84. The summed E-state index contributed by atoms with van der Waals surface area (Å²) in [7, 11) is 1.77. The number of rotatable bonds is 6. The van der Waals surface area contributed by atoms with Crippen LogP contribution in [0.25, 0.3) is 0 Å². The van der Waals surface area contributed by atoms with E-state index in [2.05, 4.69) is 51.7 Å². The van der Waals surface area contributed by atoms with Gasteiger partial charge >= 0.3 is 0 Å². The third-order valence-corrected chi connectivity index (χ3v) is 6.09. The molecule has 0 amide bonds. The Morgan fingerprint density at radius 1 is 1.07 bits per heavy atom. The Hall–Kier alpha value is -1.89. The van der Waals surface area contributed by atoms with Crippen LogP contribution in [0.1, 0.15) is 38.2 Å². The molecule has 2 aliphatic rings. The zero-order valence-electron chi connectivity index (χ0n) is 17.7. The molecular weight excluding hydrogens is 372 g/mol. The standard InChI is InChI=1S/C22H35F2N5/c1-17-7-13-29(14-8-17)20-5-3-18(4-6-20)15-26-22(25-2)27-19-9-11-28(12-10-19)16-21(23)24/h3-6,17,19,21H,7-16H2,1-2H3,(H2,25,26,27). The van der Waals surface area contributed by atoms with Crippen LogP contribution in [-0.4, -0.2) is 63.1 Å². The minimum absolute atomic E-state index is 0.119. The normalized spacial score (nSPS) is 20.3. The third-order valence-electron chi connectivity index (χ3n) is 6.09. The van der Waals surface area contributed by atoms with Gasteiger partial charge in [-0.15, -0.1) is 0 Å². The molecule has 0 radical (unpaired) electrons. The van der Waals surface area contributed by atoms with Crippen LogP contribution in [0.4, 0.5) is 14.5 Å². The van der Waals surface area contributed by atoms with Crippen molar-refractivity contribution in [1.29, 1.82) is 0 Å². The average Bonchev–Trinajstić information content (AvgIpc) is 2.73. The number of guanidine groups is 1. The van der Waals surface area contributed by atoms with Crippen LogP contribution in [0.15, 0.2) is 29.3 Å². The molecule has 0 spiro atoms. The summed E-state index contributed by atoms with van der Waals surface area (Å²) in [5.41, 5.74) is 2.52. The van der Waals surface area contributed by atoms with Gasteiger partial charge < -0.3 is 15.5 Å². The van der Waals surface area contributed by atoms with Crippen LogP contribution in [0.2, 0.25) is 0 Å². The van der Waals surface area contributed by atoms with Crippen molar-refractivity contribution in [2.24, 2.45) is 10.9 Å². The molecule has 0 atom stereocenters. The van der Waals surface area contributed by atoms with Crippen LogP contribution < -0.4 is 15.5 Å². The van der Waals surface area contributed by atoms with Gasteiger partial charge in [0.2, 0.25) is 0 Å². The van der Waals surface area contributed by atoms with E-state index in [1.807, 2.05) is 4.90 Å². The number of aliphatic imine (C=N–C) groups is 1. The van der Waals surface area contributed by atoms with Gasteiger partial charge in [-0.3, -0.25) is 9.89 Å². The average molecular weight is 408 g/mol. The number of anilines is 1. The molecule has 2 aliphatic heterocycles. The maximum atomic E-state index is 12.5. The fourth-order valence-electron chi connectivity index (χ4n) is 4.12. The number of hydrogen-bond donors (Lipinski definition) is 2. The number of hydrogen-bond acceptors (Lipinski definition) is 3. The highest BCUT2D eigenvalue weighted by Crippen LogP contribution is 2.23. The first-order chi connectivity index (χ1) is 14.0. The highest BCUT2D eigenvalue weighted by atomic mass is 19.3. The molecule has 0 bridgehead atoms. The van der Waals surface area contributed by atoms with E-state index in [4.69, 9.17) is 0 Å². The molecule has 0 saturated carbocycles. The topological polar surface area (TPSA) is 42.9 Å². The quantitative estimate of drug-likeness (QED) is 0.561. The van der Waals surface area contributed by atoms with Gasteiger partial charge in [0.1, 0.15) is 0 Å². The molecule has 0 aliphatic carbocycles. The van der Waals surface area contributed by atoms with E-state index < -0.39 is 6.43 Å². The summed E-state index contributed by atoms with van der Waals surface area (Å²) in [4.78, 5) is 8.62. The summed E-state index contributed by atoms with van der Waals surface area (Å²) in [6, 6.07) is 9.05. The van der Waals surface area contributed by atoms with Crippen molar-refractivity contribution >= 4 is 11.6 Å². The summed E-state index contributed by atoms with van der Waals surface area (Å²) < 4.78 is 25.0. The van der Waals surface area contributed by atoms with Gasteiger partial charge in [0, 0.05) is 51.5 Å². The van der Waals surface area contributed by atoms with Crippen molar-refractivity contribution in [3.05, 3.63) is 29.8 Å². The minimum atomic E-state index is -2.25. The predicted molar refractivity (Wildman–Crippen MR) is 116 cm³/mol. The van der Waals surface area contributed by atoms with Crippen LogP contribution in [0.3, 0.4) is 0 Å². The zero-order chi connectivity index (χ0) is 20.6. The Morgan fingerprint density at radius 2 is 1.72 bits per heavy atom. The van der Waals surface area contributed by atoms with Crippen LogP contribution in [-0.2, 0) is 6.54 Å². The largest absolute Gasteiger partial charge is 0.372 e. The van der Waals surface area contributed by atoms with E-state index >= 15 is 0 Å². The van der Waals surface area contributed by atoms with E-state index in [0.717, 1.165) is 37.8 Å². The molecule has 29 heavy (non-hydrogen) atoms. The van der Waals surface area contributed by atoms with Gasteiger partial charge in [0.15, 0.2) is 5.96 Å². The molecule has 0 aromatic heterocycles. The molecule has 2 N–H and O–H groups in total. The van der Waals surface area contributed by atoms with Crippen molar-refractivity contribution in [2.45, 2.75) is 51.6 Å². The van der Waals surface area contributed by atoms with Crippen molar-refractivity contribution in [1.82, 2.24) is 15.5 Å². The van der Waals surface area contributed by atoms with E-state index in [9.17, 15) is 8.78 Å². The van der Waals surface area contributed by atoms with Gasteiger partial charge in [0.05, 0.1) is 6.54 Å². The zero-order valence-corrected chi connectivity index (χ0v) is 17.7. The molecule has 2 heterocycles.